The topological polar surface area (TPSA) is 98.0 Å². The largest absolute Gasteiger partial charge is 0.330 e. The van der Waals surface area contributed by atoms with Crippen LogP contribution in [0.1, 0.15) is 12.0 Å². The van der Waals surface area contributed by atoms with Gasteiger partial charge in [0.2, 0.25) is 0 Å². The van der Waals surface area contributed by atoms with Gasteiger partial charge >= 0.3 is 0 Å². The number of aryl methyl sites for hydroxylation is 1. The lowest BCUT2D eigenvalue weighted by atomic mass is 10.1. The van der Waals surface area contributed by atoms with Crippen LogP contribution in [0, 0.1) is 0 Å². The van der Waals surface area contributed by atoms with Gasteiger partial charge in [-0.3, -0.25) is 4.72 Å². The molecule has 6 nitrogen and oxygen atoms in total. The number of hydrogen-bond acceptors (Lipinski definition) is 5. The molecule has 1 aromatic carbocycles. The molecule has 0 saturated carbocycles. The fourth-order valence-electron chi connectivity index (χ4n) is 1.71. The lowest BCUT2D eigenvalue weighted by Gasteiger charge is -2.08. The van der Waals surface area contributed by atoms with Crippen LogP contribution in [0.3, 0.4) is 0 Å². The quantitative estimate of drug-likeness (QED) is 0.832. The molecule has 106 valence electrons. The Bertz CT molecular complexity index is 642. The van der Waals surface area contributed by atoms with Gasteiger partial charge in [-0.1, -0.05) is 12.1 Å². The molecule has 0 bridgehead atoms. The summed E-state index contributed by atoms with van der Waals surface area (Å²) in [6.45, 7) is 0.621. The van der Waals surface area contributed by atoms with Crippen LogP contribution in [0.5, 0.6) is 0 Å². The number of nitrogens with two attached hydrogens (primary N) is 1. The second-order valence-corrected chi connectivity index (χ2v) is 5.95. The normalized spacial score (nSPS) is 11.2. The van der Waals surface area contributed by atoms with Crippen molar-refractivity contribution < 1.29 is 8.42 Å². The van der Waals surface area contributed by atoms with Crippen molar-refractivity contribution in [2.75, 3.05) is 11.3 Å². The van der Waals surface area contributed by atoms with Crippen molar-refractivity contribution in [3.05, 3.63) is 48.5 Å². The number of rotatable bonds is 6. The lowest BCUT2D eigenvalue weighted by Crippen LogP contribution is -2.13. The molecule has 0 unspecified atom stereocenters. The minimum absolute atomic E-state index is 0.206. The molecule has 1 aromatic heterocycles. The maximum atomic E-state index is 12.1. The van der Waals surface area contributed by atoms with Gasteiger partial charge < -0.3 is 5.73 Å². The number of sulfonamides is 1. The highest BCUT2D eigenvalue weighted by Crippen LogP contribution is 2.15. The molecule has 0 aliphatic rings. The second-order valence-electron chi connectivity index (χ2n) is 4.27. The molecule has 0 spiro atoms. The SMILES string of the molecule is NCCCc1ccc(S(=O)(=O)Nc2cncnc2)cc1. The smallest absolute Gasteiger partial charge is 0.261 e. The first-order chi connectivity index (χ1) is 9.62. The van der Waals surface area contributed by atoms with Crippen molar-refractivity contribution in [3.8, 4) is 0 Å². The van der Waals surface area contributed by atoms with Crippen molar-refractivity contribution >= 4 is 15.7 Å². The van der Waals surface area contributed by atoms with Gasteiger partial charge in [0.1, 0.15) is 6.33 Å². The molecule has 2 rings (SSSR count). The van der Waals surface area contributed by atoms with E-state index in [9.17, 15) is 8.42 Å². The van der Waals surface area contributed by atoms with Crippen LogP contribution in [0.15, 0.2) is 47.9 Å². The molecule has 2 aromatic rings. The summed E-state index contributed by atoms with van der Waals surface area (Å²) in [7, 11) is -3.61. The number of hydrogen-bond donors (Lipinski definition) is 2. The van der Waals surface area contributed by atoms with Gasteiger partial charge in [0.15, 0.2) is 0 Å². The van der Waals surface area contributed by atoms with E-state index in [1.807, 2.05) is 0 Å². The molecule has 1 heterocycles. The number of anilines is 1. The van der Waals surface area contributed by atoms with Gasteiger partial charge in [-0.25, -0.2) is 18.4 Å². The summed E-state index contributed by atoms with van der Waals surface area (Å²) in [5.41, 5.74) is 6.84. The van der Waals surface area contributed by atoms with E-state index in [1.54, 1.807) is 24.3 Å². The van der Waals surface area contributed by atoms with E-state index in [-0.39, 0.29) is 4.90 Å². The van der Waals surface area contributed by atoms with Crippen LogP contribution in [-0.4, -0.2) is 24.9 Å². The van der Waals surface area contributed by atoms with E-state index in [2.05, 4.69) is 14.7 Å². The third-order valence-corrected chi connectivity index (χ3v) is 4.11. The zero-order valence-electron chi connectivity index (χ0n) is 10.9. The molecule has 7 heteroatoms. The first-order valence-corrected chi connectivity index (χ1v) is 7.67. The van der Waals surface area contributed by atoms with Crippen molar-refractivity contribution in [3.63, 3.8) is 0 Å². The Morgan fingerprint density at radius 3 is 2.35 bits per heavy atom. The minimum atomic E-state index is -3.61. The zero-order valence-corrected chi connectivity index (χ0v) is 11.7. The Kier molecular flexibility index (Phi) is 4.65. The van der Waals surface area contributed by atoms with E-state index in [4.69, 9.17) is 5.73 Å². The molecule has 0 atom stereocenters. The predicted molar refractivity (Wildman–Crippen MR) is 76.7 cm³/mol. The first-order valence-electron chi connectivity index (χ1n) is 6.18. The van der Waals surface area contributed by atoms with Gasteiger partial charge in [0.25, 0.3) is 10.0 Å². The summed E-state index contributed by atoms with van der Waals surface area (Å²) in [4.78, 5) is 7.73. The van der Waals surface area contributed by atoms with E-state index in [0.717, 1.165) is 18.4 Å². The Balaban J connectivity index is 2.13. The predicted octanol–water partition coefficient (Wildman–Crippen LogP) is 1.17. The first kappa shape index (κ1) is 14.4. The lowest BCUT2D eigenvalue weighted by molar-refractivity contribution is 0.601. The van der Waals surface area contributed by atoms with Crippen molar-refractivity contribution in [2.24, 2.45) is 5.73 Å². The summed E-state index contributed by atoms with van der Waals surface area (Å²) in [6, 6.07) is 6.76. The van der Waals surface area contributed by atoms with E-state index >= 15 is 0 Å². The highest BCUT2D eigenvalue weighted by Gasteiger charge is 2.14. The standard InChI is InChI=1S/C13H16N4O2S/c14-7-1-2-11-3-5-13(6-4-11)20(18,19)17-12-8-15-10-16-9-12/h3-6,8-10,17H,1-2,7,14H2. The highest BCUT2D eigenvalue weighted by molar-refractivity contribution is 7.92. The molecule has 0 radical (unpaired) electrons. The fraction of sp³-hybridized carbons (Fsp3) is 0.231. The molecule has 3 N–H and O–H groups in total. The van der Waals surface area contributed by atoms with Gasteiger partial charge in [0, 0.05) is 0 Å². The zero-order chi connectivity index (χ0) is 14.4. The van der Waals surface area contributed by atoms with Gasteiger partial charge in [0.05, 0.1) is 23.0 Å². The maximum absolute atomic E-state index is 12.1. The molecular weight excluding hydrogens is 276 g/mol. The molecule has 0 saturated heterocycles. The summed E-state index contributed by atoms with van der Waals surface area (Å²) < 4.78 is 26.7. The van der Waals surface area contributed by atoms with E-state index < -0.39 is 10.0 Å². The Morgan fingerprint density at radius 1 is 1.10 bits per heavy atom. The van der Waals surface area contributed by atoms with Crippen LogP contribution in [0.4, 0.5) is 5.69 Å². The summed E-state index contributed by atoms with van der Waals surface area (Å²) in [6.07, 6.45) is 5.87. The van der Waals surface area contributed by atoms with Gasteiger partial charge in [-0.05, 0) is 37.1 Å². The van der Waals surface area contributed by atoms with E-state index in [0.29, 0.717) is 12.2 Å². The maximum Gasteiger partial charge on any atom is 0.261 e. The summed E-state index contributed by atoms with van der Waals surface area (Å²) in [5.74, 6) is 0. The number of benzene rings is 1. The third kappa shape index (κ3) is 3.75. The Morgan fingerprint density at radius 2 is 1.75 bits per heavy atom. The Labute approximate surface area is 118 Å². The van der Waals surface area contributed by atoms with Crippen LogP contribution >= 0.6 is 0 Å². The molecule has 0 aliphatic carbocycles. The summed E-state index contributed by atoms with van der Waals surface area (Å²) in [5, 5.41) is 0. The van der Waals surface area contributed by atoms with Gasteiger partial charge in [-0.15, -0.1) is 0 Å². The summed E-state index contributed by atoms with van der Waals surface area (Å²) >= 11 is 0. The van der Waals surface area contributed by atoms with Crippen molar-refractivity contribution in [1.29, 1.82) is 0 Å². The molecule has 0 aliphatic heterocycles. The van der Waals surface area contributed by atoms with Crippen LogP contribution in [0.2, 0.25) is 0 Å². The average molecular weight is 292 g/mol. The molecule has 20 heavy (non-hydrogen) atoms. The average Bonchev–Trinajstić information content (AvgIpc) is 2.46. The molecular formula is C13H16N4O2S. The molecule has 0 fully saturated rings. The Hall–Kier alpha value is -1.99. The number of aromatic nitrogens is 2. The van der Waals surface area contributed by atoms with Crippen LogP contribution in [0.25, 0.3) is 0 Å². The minimum Gasteiger partial charge on any atom is -0.330 e. The van der Waals surface area contributed by atoms with Crippen LogP contribution < -0.4 is 10.5 Å². The number of nitrogens with one attached hydrogen (secondary N) is 1. The number of nitrogens with zero attached hydrogens (tertiary/aromatic N) is 2. The van der Waals surface area contributed by atoms with Crippen molar-refractivity contribution in [2.45, 2.75) is 17.7 Å². The van der Waals surface area contributed by atoms with Crippen molar-refractivity contribution in [1.82, 2.24) is 9.97 Å². The van der Waals surface area contributed by atoms with Crippen LogP contribution in [-0.2, 0) is 16.4 Å². The monoisotopic (exact) mass is 292 g/mol. The second kappa shape index (κ2) is 6.44. The van der Waals surface area contributed by atoms with E-state index in [1.165, 1.54) is 18.7 Å². The molecule has 0 amide bonds. The highest BCUT2D eigenvalue weighted by atomic mass is 32.2. The third-order valence-electron chi connectivity index (χ3n) is 2.72. The van der Waals surface area contributed by atoms with Gasteiger partial charge in [-0.2, -0.15) is 0 Å². The fourth-order valence-corrected chi connectivity index (χ4v) is 2.74.